The first-order valence-corrected chi connectivity index (χ1v) is 8.10. The molecule has 2 aromatic rings. The number of ether oxygens (including phenoxy) is 3. The van der Waals surface area contributed by atoms with E-state index in [4.69, 9.17) is 14.2 Å². The summed E-state index contributed by atoms with van der Waals surface area (Å²) in [6.45, 7) is 0.246. The number of benzene rings is 2. The third-order valence-corrected chi connectivity index (χ3v) is 3.96. The Morgan fingerprint density at radius 1 is 1.23 bits per heavy atom. The molecule has 1 heterocycles. The predicted molar refractivity (Wildman–Crippen MR) is 94.4 cm³/mol. The monoisotopic (exact) mass is 354 g/mol. The number of esters is 2. The second-order valence-electron chi connectivity index (χ2n) is 5.71. The molecule has 1 saturated heterocycles. The number of phenols is 1. The van der Waals surface area contributed by atoms with Crippen molar-refractivity contribution < 1.29 is 28.9 Å². The Hall–Kier alpha value is -3.28. The Morgan fingerprint density at radius 2 is 2.00 bits per heavy atom. The average molecular weight is 354 g/mol. The molecule has 0 aromatic heterocycles. The molecule has 1 N–H and O–H groups in total. The molecule has 26 heavy (non-hydrogen) atoms. The highest BCUT2D eigenvalue weighted by Gasteiger charge is 2.31. The van der Waals surface area contributed by atoms with E-state index in [1.807, 2.05) is 6.07 Å². The van der Waals surface area contributed by atoms with Crippen molar-refractivity contribution in [3.05, 3.63) is 59.7 Å². The molecule has 2 aromatic carbocycles. The summed E-state index contributed by atoms with van der Waals surface area (Å²) in [5.74, 6) is -0.856. The molecule has 0 amide bonds. The second-order valence-corrected chi connectivity index (χ2v) is 5.71. The Labute approximate surface area is 150 Å². The van der Waals surface area contributed by atoms with Gasteiger partial charge in [-0.3, -0.25) is 0 Å². The lowest BCUT2D eigenvalue weighted by molar-refractivity contribution is -0.156. The number of rotatable bonds is 5. The highest BCUT2D eigenvalue weighted by molar-refractivity contribution is 6.22. The lowest BCUT2D eigenvalue weighted by Gasteiger charge is -2.12. The average Bonchev–Trinajstić information content (AvgIpc) is 3.06. The lowest BCUT2D eigenvalue weighted by Crippen LogP contribution is -2.23. The largest absolute Gasteiger partial charge is 0.504 e. The van der Waals surface area contributed by atoms with Gasteiger partial charge in [0.25, 0.3) is 0 Å². The van der Waals surface area contributed by atoms with E-state index in [-0.39, 0.29) is 17.9 Å². The molecular formula is C20H18O6. The molecule has 1 aliphatic heterocycles. The first kappa shape index (κ1) is 17.5. The molecule has 134 valence electrons. The Balaban J connectivity index is 1.95. The SMILES string of the molecule is COc1cc(C=C(C(=O)OC2CCOC2=O)c2ccccc2)ccc1O. The fourth-order valence-corrected chi connectivity index (χ4v) is 2.61. The summed E-state index contributed by atoms with van der Waals surface area (Å²) >= 11 is 0. The molecule has 1 atom stereocenters. The van der Waals surface area contributed by atoms with Crippen LogP contribution in [0.15, 0.2) is 48.5 Å². The lowest BCUT2D eigenvalue weighted by atomic mass is 10.0. The van der Waals surface area contributed by atoms with Crippen molar-refractivity contribution >= 4 is 23.6 Å². The highest BCUT2D eigenvalue weighted by atomic mass is 16.6. The van der Waals surface area contributed by atoms with Gasteiger partial charge in [0.1, 0.15) is 0 Å². The van der Waals surface area contributed by atoms with Gasteiger partial charge in [-0.05, 0) is 29.3 Å². The van der Waals surface area contributed by atoms with Gasteiger partial charge in [-0.25, -0.2) is 9.59 Å². The van der Waals surface area contributed by atoms with Crippen molar-refractivity contribution in [3.8, 4) is 11.5 Å². The first-order chi connectivity index (χ1) is 12.6. The van der Waals surface area contributed by atoms with E-state index in [1.54, 1.807) is 42.5 Å². The van der Waals surface area contributed by atoms with E-state index < -0.39 is 18.0 Å². The van der Waals surface area contributed by atoms with Crippen molar-refractivity contribution in [2.24, 2.45) is 0 Å². The number of carbonyl (C=O) groups is 2. The maximum atomic E-state index is 12.7. The van der Waals surface area contributed by atoms with Crippen LogP contribution in [0.3, 0.4) is 0 Å². The Kier molecular flexibility index (Phi) is 5.22. The van der Waals surface area contributed by atoms with E-state index in [0.717, 1.165) is 0 Å². The Morgan fingerprint density at radius 3 is 2.65 bits per heavy atom. The molecule has 0 spiro atoms. The molecule has 0 aliphatic carbocycles. The summed E-state index contributed by atoms with van der Waals surface area (Å²) in [6, 6.07) is 13.7. The van der Waals surface area contributed by atoms with Crippen LogP contribution in [0.25, 0.3) is 11.6 Å². The van der Waals surface area contributed by atoms with Gasteiger partial charge < -0.3 is 19.3 Å². The van der Waals surface area contributed by atoms with Crippen LogP contribution in [-0.2, 0) is 19.1 Å². The number of aromatic hydroxyl groups is 1. The molecule has 0 bridgehead atoms. The van der Waals surface area contributed by atoms with Crippen molar-refractivity contribution in [1.82, 2.24) is 0 Å². The van der Waals surface area contributed by atoms with Gasteiger partial charge in [-0.2, -0.15) is 0 Å². The van der Waals surface area contributed by atoms with Gasteiger partial charge in [-0.15, -0.1) is 0 Å². The van der Waals surface area contributed by atoms with Gasteiger partial charge in [0.05, 0.1) is 19.3 Å². The zero-order chi connectivity index (χ0) is 18.5. The number of phenolic OH excluding ortho intramolecular Hbond substituents is 1. The fraction of sp³-hybridized carbons (Fsp3) is 0.200. The molecule has 3 rings (SSSR count). The molecule has 1 unspecified atom stereocenters. The number of methoxy groups -OCH3 is 1. The molecule has 1 aliphatic rings. The van der Waals surface area contributed by atoms with Crippen molar-refractivity contribution in [2.45, 2.75) is 12.5 Å². The summed E-state index contributed by atoms with van der Waals surface area (Å²) in [6.07, 6.45) is 1.09. The van der Waals surface area contributed by atoms with Crippen LogP contribution in [-0.4, -0.2) is 36.9 Å². The maximum Gasteiger partial charge on any atom is 0.347 e. The zero-order valence-electron chi connectivity index (χ0n) is 14.2. The number of carbonyl (C=O) groups excluding carboxylic acids is 2. The van der Waals surface area contributed by atoms with Gasteiger partial charge in [0.2, 0.25) is 6.10 Å². The quantitative estimate of drug-likeness (QED) is 0.505. The van der Waals surface area contributed by atoms with E-state index in [0.29, 0.717) is 23.3 Å². The van der Waals surface area contributed by atoms with Gasteiger partial charge >= 0.3 is 11.9 Å². The summed E-state index contributed by atoms with van der Waals surface area (Å²) in [4.78, 5) is 24.3. The van der Waals surface area contributed by atoms with Crippen molar-refractivity contribution in [3.63, 3.8) is 0 Å². The van der Waals surface area contributed by atoms with Gasteiger partial charge in [0, 0.05) is 6.42 Å². The first-order valence-electron chi connectivity index (χ1n) is 8.10. The smallest absolute Gasteiger partial charge is 0.347 e. The minimum Gasteiger partial charge on any atom is -0.504 e. The van der Waals surface area contributed by atoms with Gasteiger partial charge in [0.15, 0.2) is 11.5 Å². The normalized spacial score (nSPS) is 16.9. The standard InChI is InChI=1S/C20H18O6/c1-24-18-12-13(7-8-16(18)21)11-15(14-5-3-2-4-6-14)19(22)26-17-9-10-25-20(17)23/h2-8,11-12,17,21H,9-10H2,1H3. The molecule has 0 saturated carbocycles. The van der Waals surface area contributed by atoms with Crippen LogP contribution in [0.4, 0.5) is 0 Å². The van der Waals surface area contributed by atoms with Crippen LogP contribution in [0.2, 0.25) is 0 Å². The van der Waals surface area contributed by atoms with E-state index >= 15 is 0 Å². The van der Waals surface area contributed by atoms with E-state index in [9.17, 15) is 14.7 Å². The predicted octanol–water partition coefficient (Wildman–Crippen LogP) is 2.80. The Bertz CT molecular complexity index is 841. The second kappa shape index (κ2) is 7.74. The summed E-state index contributed by atoms with van der Waals surface area (Å²) in [7, 11) is 1.45. The minimum absolute atomic E-state index is 0.00203. The topological polar surface area (TPSA) is 82.1 Å². The minimum atomic E-state index is -0.885. The fourth-order valence-electron chi connectivity index (χ4n) is 2.61. The number of cyclic esters (lactones) is 1. The van der Waals surface area contributed by atoms with Crippen LogP contribution in [0.1, 0.15) is 17.5 Å². The third-order valence-electron chi connectivity index (χ3n) is 3.96. The molecular weight excluding hydrogens is 336 g/mol. The molecule has 1 fully saturated rings. The van der Waals surface area contributed by atoms with Crippen molar-refractivity contribution in [2.75, 3.05) is 13.7 Å². The molecule has 6 heteroatoms. The zero-order valence-corrected chi connectivity index (χ0v) is 14.2. The summed E-state index contributed by atoms with van der Waals surface area (Å²) < 4.78 is 15.3. The van der Waals surface area contributed by atoms with Gasteiger partial charge in [-0.1, -0.05) is 36.4 Å². The number of hydrogen-bond acceptors (Lipinski definition) is 6. The summed E-state index contributed by atoms with van der Waals surface area (Å²) in [5.41, 5.74) is 1.58. The van der Waals surface area contributed by atoms with Crippen molar-refractivity contribution in [1.29, 1.82) is 0 Å². The maximum absolute atomic E-state index is 12.7. The van der Waals surface area contributed by atoms with Crippen LogP contribution in [0, 0.1) is 0 Å². The van der Waals surface area contributed by atoms with E-state index in [2.05, 4.69) is 0 Å². The van der Waals surface area contributed by atoms with Crippen LogP contribution in [0.5, 0.6) is 11.5 Å². The van der Waals surface area contributed by atoms with E-state index in [1.165, 1.54) is 13.2 Å². The van der Waals surface area contributed by atoms with Crippen LogP contribution >= 0.6 is 0 Å². The number of hydrogen-bond donors (Lipinski definition) is 1. The highest BCUT2D eigenvalue weighted by Crippen LogP contribution is 2.29. The summed E-state index contributed by atoms with van der Waals surface area (Å²) in [5, 5.41) is 9.73. The molecule has 0 radical (unpaired) electrons. The van der Waals surface area contributed by atoms with Crippen LogP contribution < -0.4 is 4.74 Å². The third kappa shape index (κ3) is 3.85. The molecule has 6 nitrogen and oxygen atoms in total.